The van der Waals surface area contributed by atoms with E-state index in [1.807, 2.05) is 12.3 Å². The zero-order valence-corrected chi connectivity index (χ0v) is 16.1. The number of nitrogens with zero attached hydrogens (tertiary/aromatic N) is 2. The van der Waals surface area contributed by atoms with Crippen molar-refractivity contribution in [2.45, 2.75) is 24.7 Å². The molecule has 1 fully saturated rings. The van der Waals surface area contributed by atoms with Crippen molar-refractivity contribution in [3.05, 3.63) is 35.3 Å². The van der Waals surface area contributed by atoms with E-state index in [-0.39, 0.29) is 10.8 Å². The van der Waals surface area contributed by atoms with E-state index in [9.17, 15) is 8.42 Å². The molecule has 2 aromatic rings. The third-order valence-electron chi connectivity index (χ3n) is 4.45. The van der Waals surface area contributed by atoms with Gasteiger partial charge in [-0.25, -0.2) is 18.1 Å². The van der Waals surface area contributed by atoms with Crippen LogP contribution in [0.4, 0.5) is 5.13 Å². The maximum atomic E-state index is 12.6. The minimum Gasteiger partial charge on any atom is -0.496 e. The number of benzene rings is 1. The van der Waals surface area contributed by atoms with Crippen LogP contribution in [0.15, 0.2) is 34.7 Å². The molecule has 0 aliphatic carbocycles. The molecule has 2 heterocycles. The molecular weight excluding hydrogens is 358 g/mol. The van der Waals surface area contributed by atoms with Gasteiger partial charge in [-0.1, -0.05) is 0 Å². The highest BCUT2D eigenvalue weighted by atomic mass is 32.2. The van der Waals surface area contributed by atoms with Gasteiger partial charge in [-0.05, 0) is 49.4 Å². The number of sulfonamides is 1. The summed E-state index contributed by atoms with van der Waals surface area (Å²) in [4.78, 5) is 6.87. The van der Waals surface area contributed by atoms with Crippen molar-refractivity contribution in [2.75, 3.05) is 31.6 Å². The van der Waals surface area contributed by atoms with E-state index in [1.54, 1.807) is 42.8 Å². The molecule has 1 saturated heterocycles. The average Bonchev–Trinajstić information content (AvgIpc) is 3.15. The molecule has 0 spiro atoms. The largest absolute Gasteiger partial charge is 0.496 e. The summed E-state index contributed by atoms with van der Waals surface area (Å²) in [5.41, 5.74) is 0.804. The fraction of sp³-hybridized carbons (Fsp3) is 0.471. The van der Waals surface area contributed by atoms with Crippen LogP contribution in [-0.4, -0.2) is 40.1 Å². The number of anilines is 1. The number of ether oxygens (including phenoxy) is 1. The topological polar surface area (TPSA) is 71.5 Å². The number of rotatable bonds is 6. The Morgan fingerprint density at radius 3 is 2.96 bits per heavy atom. The van der Waals surface area contributed by atoms with Crippen LogP contribution in [-0.2, 0) is 10.0 Å². The maximum absolute atomic E-state index is 12.6. The first-order valence-corrected chi connectivity index (χ1v) is 10.6. The summed E-state index contributed by atoms with van der Waals surface area (Å²) >= 11 is 1.62. The van der Waals surface area contributed by atoms with E-state index >= 15 is 0 Å². The van der Waals surface area contributed by atoms with Gasteiger partial charge in [-0.15, -0.1) is 11.3 Å². The molecule has 1 aliphatic heterocycles. The van der Waals surface area contributed by atoms with Crippen molar-refractivity contribution >= 4 is 26.5 Å². The molecular formula is C17H23N3O3S2. The molecule has 1 unspecified atom stereocenters. The molecule has 6 nitrogen and oxygen atoms in total. The highest BCUT2D eigenvalue weighted by Crippen LogP contribution is 2.25. The molecule has 0 radical (unpaired) electrons. The van der Waals surface area contributed by atoms with Crippen molar-refractivity contribution < 1.29 is 13.2 Å². The minimum atomic E-state index is -3.52. The summed E-state index contributed by atoms with van der Waals surface area (Å²) in [5.74, 6) is 0.970. The Balaban J connectivity index is 1.63. The van der Waals surface area contributed by atoms with Crippen LogP contribution in [0.3, 0.4) is 0 Å². The van der Waals surface area contributed by atoms with Crippen LogP contribution in [0.1, 0.15) is 18.4 Å². The second-order valence-corrected chi connectivity index (χ2v) is 8.89. The molecule has 1 N–H and O–H groups in total. The third-order valence-corrected chi connectivity index (χ3v) is 6.70. The smallest absolute Gasteiger partial charge is 0.240 e. The zero-order valence-electron chi connectivity index (χ0n) is 14.4. The first-order chi connectivity index (χ1) is 12.0. The fourth-order valence-electron chi connectivity index (χ4n) is 3.11. The van der Waals surface area contributed by atoms with Gasteiger partial charge in [0.1, 0.15) is 5.75 Å². The Bertz CT molecular complexity index is 807. The Labute approximate surface area is 152 Å². The lowest BCUT2D eigenvalue weighted by atomic mass is 9.99. The van der Waals surface area contributed by atoms with Gasteiger partial charge in [0, 0.05) is 31.2 Å². The Kier molecular flexibility index (Phi) is 5.61. The van der Waals surface area contributed by atoms with E-state index in [0.29, 0.717) is 12.3 Å². The number of nitrogens with one attached hydrogen (secondary N) is 1. The van der Waals surface area contributed by atoms with Gasteiger partial charge < -0.3 is 9.64 Å². The van der Waals surface area contributed by atoms with Crippen LogP contribution in [0.25, 0.3) is 0 Å². The van der Waals surface area contributed by atoms with Crippen molar-refractivity contribution in [2.24, 2.45) is 5.92 Å². The van der Waals surface area contributed by atoms with Crippen molar-refractivity contribution in [3.63, 3.8) is 0 Å². The van der Waals surface area contributed by atoms with Gasteiger partial charge in [-0.3, -0.25) is 0 Å². The number of aromatic nitrogens is 1. The molecule has 1 aromatic carbocycles. The molecule has 1 atom stereocenters. The van der Waals surface area contributed by atoms with E-state index in [4.69, 9.17) is 4.74 Å². The van der Waals surface area contributed by atoms with Crippen LogP contribution in [0.2, 0.25) is 0 Å². The predicted molar refractivity (Wildman–Crippen MR) is 100.0 cm³/mol. The van der Waals surface area contributed by atoms with E-state index in [2.05, 4.69) is 14.6 Å². The lowest BCUT2D eigenvalue weighted by Gasteiger charge is -2.32. The quantitative estimate of drug-likeness (QED) is 0.833. The second-order valence-electron chi connectivity index (χ2n) is 6.25. The summed E-state index contributed by atoms with van der Waals surface area (Å²) in [6.45, 7) is 4.09. The zero-order chi connectivity index (χ0) is 17.9. The van der Waals surface area contributed by atoms with Crippen molar-refractivity contribution in [3.8, 4) is 5.75 Å². The Morgan fingerprint density at radius 2 is 2.28 bits per heavy atom. The first-order valence-electron chi connectivity index (χ1n) is 8.28. The van der Waals surface area contributed by atoms with Gasteiger partial charge in [0.25, 0.3) is 0 Å². The van der Waals surface area contributed by atoms with E-state index in [1.165, 1.54) is 0 Å². The van der Waals surface area contributed by atoms with Crippen LogP contribution in [0, 0.1) is 12.8 Å². The summed E-state index contributed by atoms with van der Waals surface area (Å²) in [6, 6.07) is 4.91. The number of aryl methyl sites for hydroxylation is 1. The number of thiazole rings is 1. The summed E-state index contributed by atoms with van der Waals surface area (Å²) < 4.78 is 33.1. The molecule has 0 saturated carbocycles. The fourth-order valence-corrected chi connectivity index (χ4v) is 4.99. The van der Waals surface area contributed by atoms with Crippen molar-refractivity contribution in [1.82, 2.24) is 9.71 Å². The Hall–Kier alpha value is -1.64. The molecule has 8 heteroatoms. The summed E-state index contributed by atoms with van der Waals surface area (Å²) in [5, 5.41) is 2.98. The molecule has 0 bridgehead atoms. The van der Waals surface area contributed by atoms with E-state index in [0.717, 1.165) is 36.6 Å². The number of piperidine rings is 1. The van der Waals surface area contributed by atoms with Gasteiger partial charge in [-0.2, -0.15) is 0 Å². The third kappa shape index (κ3) is 4.31. The molecule has 1 aromatic heterocycles. The maximum Gasteiger partial charge on any atom is 0.240 e. The monoisotopic (exact) mass is 381 g/mol. The van der Waals surface area contributed by atoms with Crippen LogP contribution >= 0.6 is 11.3 Å². The van der Waals surface area contributed by atoms with E-state index < -0.39 is 10.0 Å². The van der Waals surface area contributed by atoms with Crippen LogP contribution in [0.5, 0.6) is 5.75 Å². The molecule has 0 amide bonds. The average molecular weight is 382 g/mol. The summed E-state index contributed by atoms with van der Waals surface area (Å²) in [6.07, 6.45) is 3.87. The molecule has 136 valence electrons. The standard InChI is InChI=1S/C17H23N3O3S2/c1-13-10-15(5-6-16(13)23-2)25(21,22)19-11-14-4-3-8-20(12-14)17-18-7-9-24-17/h5-7,9-10,14,19H,3-4,8,11-12H2,1-2H3. The molecule has 25 heavy (non-hydrogen) atoms. The number of hydrogen-bond acceptors (Lipinski definition) is 6. The molecule has 1 aliphatic rings. The van der Waals surface area contributed by atoms with Gasteiger partial charge in [0.2, 0.25) is 10.0 Å². The lowest BCUT2D eigenvalue weighted by Crippen LogP contribution is -2.41. The van der Waals surface area contributed by atoms with Crippen LogP contribution < -0.4 is 14.4 Å². The first kappa shape index (κ1) is 18.2. The summed E-state index contributed by atoms with van der Waals surface area (Å²) in [7, 11) is -1.94. The SMILES string of the molecule is COc1ccc(S(=O)(=O)NCC2CCCN(c3nccs3)C2)cc1C. The molecule has 3 rings (SSSR count). The predicted octanol–water partition coefficient (Wildman–Crippen LogP) is 2.66. The van der Waals surface area contributed by atoms with Gasteiger partial charge >= 0.3 is 0 Å². The minimum absolute atomic E-state index is 0.276. The highest BCUT2D eigenvalue weighted by molar-refractivity contribution is 7.89. The second kappa shape index (κ2) is 7.72. The van der Waals surface area contributed by atoms with Gasteiger partial charge in [0.15, 0.2) is 5.13 Å². The normalized spacial score (nSPS) is 18.3. The number of hydrogen-bond donors (Lipinski definition) is 1. The Morgan fingerprint density at radius 1 is 1.44 bits per heavy atom. The lowest BCUT2D eigenvalue weighted by molar-refractivity contribution is 0.409. The van der Waals surface area contributed by atoms with Crippen molar-refractivity contribution in [1.29, 1.82) is 0 Å². The van der Waals surface area contributed by atoms with Gasteiger partial charge in [0.05, 0.1) is 12.0 Å². The number of methoxy groups -OCH3 is 1. The highest BCUT2D eigenvalue weighted by Gasteiger charge is 2.24.